The van der Waals surface area contributed by atoms with Crippen molar-refractivity contribution in [2.75, 3.05) is 0 Å². The summed E-state index contributed by atoms with van der Waals surface area (Å²) in [6.07, 6.45) is 11.7. The fraction of sp³-hybridized carbons (Fsp3) is 0.750. The van der Waals surface area contributed by atoms with E-state index in [1.54, 1.807) is 0 Å². The molecule has 4 aliphatic rings. The third-order valence-corrected chi connectivity index (χ3v) is 7.92. The van der Waals surface area contributed by atoms with E-state index in [4.69, 9.17) is 0 Å². The van der Waals surface area contributed by atoms with Gasteiger partial charge >= 0.3 is 0 Å². The van der Waals surface area contributed by atoms with Crippen LogP contribution in [0, 0.1) is 28.6 Å². The van der Waals surface area contributed by atoms with Gasteiger partial charge in [-0.2, -0.15) is 0 Å². The van der Waals surface area contributed by atoms with Crippen LogP contribution in [-0.2, 0) is 4.79 Å². The predicted molar refractivity (Wildman–Crippen MR) is 85.9 cm³/mol. The van der Waals surface area contributed by atoms with Gasteiger partial charge in [-0.3, -0.25) is 4.79 Å². The molecule has 0 amide bonds. The van der Waals surface area contributed by atoms with Crippen LogP contribution in [0.25, 0.3) is 0 Å². The lowest BCUT2D eigenvalue weighted by Gasteiger charge is -2.57. The average molecular weight is 284 g/mol. The van der Waals surface area contributed by atoms with Gasteiger partial charge in [-0.1, -0.05) is 31.6 Å². The van der Waals surface area contributed by atoms with Gasteiger partial charge in [0.05, 0.1) is 0 Å². The molecule has 4 aliphatic carbocycles. The number of carbonyl (C=O) groups excluding carboxylic acids is 1. The fourth-order valence-electron chi connectivity index (χ4n) is 6.47. The van der Waals surface area contributed by atoms with E-state index in [-0.39, 0.29) is 0 Å². The molecule has 0 N–H and O–H groups in total. The maximum Gasteiger partial charge on any atom is 0.155 e. The molecule has 4 rings (SSSR count). The van der Waals surface area contributed by atoms with Gasteiger partial charge in [0.2, 0.25) is 0 Å². The van der Waals surface area contributed by atoms with E-state index in [2.05, 4.69) is 20.4 Å². The second-order valence-electron chi connectivity index (χ2n) is 8.57. The molecule has 0 aromatic carbocycles. The zero-order valence-electron chi connectivity index (χ0n) is 13.6. The minimum Gasteiger partial charge on any atom is -0.295 e. The van der Waals surface area contributed by atoms with Crippen LogP contribution in [0.1, 0.15) is 65.2 Å². The summed E-state index contributed by atoms with van der Waals surface area (Å²) in [4.78, 5) is 11.8. The lowest BCUT2D eigenvalue weighted by molar-refractivity contribution is -0.117. The summed E-state index contributed by atoms with van der Waals surface area (Å²) in [6, 6.07) is 0. The molecule has 0 saturated heterocycles. The van der Waals surface area contributed by atoms with Crippen molar-refractivity contribution in [3.63, 3.8) is 0 Å². The van der Waals surface area contributed by atoms with Crippen molar-refractivity contribution in [3.05, 3.63) is 23.8 Å². The smallest absolute Gasteiger partial charge is 0.155 e. The summed E-state index contributed by atoms with van der Waals surface area (Å²) < 4.78 is 0. The molecule has 0 bridgehead atoms. The van der Waals surface area contributed by atoms with Crippen molar-refractivity contribution >= 4 is 5.78 Å². The van der Waals surface area contributed by atoms with E-state index in [0.29, 0.717) is 16.6 Å². The quantitative estimate of drug-likeness (QED) is 0.567. The minimum atomic E-state index is 0.322. The van der Waals surface area contributed by atoms with E-state index in [1.165, 1.54) is 49.7 Å². The molecule has 0 aromatic rings. The molecule has 0 heterocycles. The Morgan fingerprint density at radius 3 is 2.57 bits per heavy atom. The van der Waals surface area contributed by atoms with Crippen LogP contribution < -0.4 is 0 Å². The number of rotatable bonds is 0. The number of hydrogen-bond donors (Lipinski definition) is 0. The maximum atomic E-state index is 11.8. The molecule has 0 spiro atoms. The monoisotopic (exact) mass is 284 g/mol. The summed E-state index contributed by atoms with van der Waals surface area (Å²) in [5.41, 5.74) is 3.75. The fourth-order valence-corrected chi connectivity index (χ4v) is 6.47. The SMILES string of the molecule is C=C1CC[C@H]2[C@@H]3CCC4=CC(=O)CC[C@]4(C)[C@@H]3CC[C@]12C. The van der Waals surface area contributed by atoms with Gasteiger partial charge in [0.25, 0.3) is 0 Å². The van der Waals surface area contributed by atoms with E-state index in [9.17, 15) is 4.79 Å². The van der Waals surface area contributed by atoms with Gasteiger partial charge in [0.1, 0.15) is 0 Å². The van der Waals surface area contributed by atoms with Crippen molar-refractivity contribution in [3.8, 4) is 0 Å². The average Bonchev–Trinajstić information content (AvgIpc) is 2.76. The molecule has 21 heavy (non-hydrogen) atoms. The first-order valence-electron chi connectivity index (χ1n) is 8.87. The van der Waals surface area contributed by atoms with Crippen molar-refractivity contribution in [2.45, 2.75) is 65.2 Å². The molecule has 114 valence electrons. The van der Waals surface area contributed by atoms with E-state index in [1.807, 2.05) is 6.08 Å². The zero-order valence-corrected chi connectivity index (χ0v) is 13.6. The first kappa shape index (κ1) is 13.8. The Labute approximate surface area is 128 Å². The Bertz CT molecular complexity index is 542. The molecule has 3 fully saturated rings. The molecule has 0 aliphatic heterocycles. The van der Waals surface area contributed by atoms with Gasteiger partial charge in [0, 0.05) is 6.42 Å². The van der Waals surface area contributed by atoms with Gasteiger partial charge in [-0.25, -0.2) is 0 Å². The first-order valence-corrected chi connectivity index (χ1v) is 8.87. The number of allylic oxidation sites excluding steroid dienone is 2. The molecular formula is C20H28O. The summed E-state index contributed by atoms with van der Waals surface area (Å²) >= 11 is 0. The zero-order chi connectivity index (χ0) is 14.8. The van der Waals surface area contributed by atoms with Crippen molar-refractivity contribution in [1.82, 2.24) is 0 Å². The lowest BCUT2D eigenvalue weighted by Crippen LogP contribution is -2.49. The largest absolute Gasteiger partial charge is 0.295 e. The van der Waals surface area contributed by atoms with Crippen LogP contribution in [0.2, 0.25) is 0 Å². The van der Waals surface area contributed by atoms with Gasteiger partial charge < -0.3 is 0 Å². The highest BCUT2D eigenvalue weighted by molar-refractivity contribution is 5.91. The number of hydrogen-bond acceptors (Lipinski definition) is 1. The van der Waals surface area contributed by atoms with Crippen LogP contribution in [0.15, 0.2) is 23.8 Å². The Kier molecular flexibility index (Phi) is 2.85. The topological polar surface area (TPSA) is 17.1 Å². The van der Waals surface area contributed by atoms with E-state index >= 15 is 0 Å². The van der Waals surface area contributed by atoms with Crippen LogP contribution in [0.3, 0.4) is 0 Å². The second-order valence-corrected chi connectivity index (χ2v) is 8.57. The van der Waals surface area contributed by atoms with Gasteiger partial charge in [-0.15, -0.1) is 0 Å². The molecule has 5 atom stereocenters. The number of ketones is 1. The van der Waals surface area contributed by atoms with E-state index in [0.717, 1.165) is 30.6 Å². The Hall–Kier alpha value is -0.850. The second kappa shape index (κ2) is 4.33. The molecule has 0 unspecified atom stereocenters. The summed E-state index contributed by atoms with van der Waals surface area (Å²) in [7, 11) is 0. The van der Waals surface area contributed by atoms with Crippen LogP contribution in [0.4, 0.5) is 0 Å². The molecule has 1 heteroatoms. The Morgan fingerprint density at radius 1 is 1.00 bits per heavy atom. The third kappa shape index (κ3) is 1.72. The Balaban J connectivity index is 1.70. The van der Waals surface area contributed by atoms with Crippen LogP contribution in [0.5, 0.6) is 0 Å². The van der Waals surface area contributed by atoms with Crippen LogP contribution in [-0.4, -0.2) is 5.78 Å². The highest BCUT2D eigenvalue weighted by atomic mass is 16.1. The van der Waals surface area contributed by atoms with Crippen molar-refractivity contribution < 1.29 is 4.79 Å². The van der Waals surface area contributed by atoms with Gasteiger partial charge in [-0.05, 0) is 79.6 Å². The molecule has 1 nitrogen and oxygen atoms in total. The molecule has 0 radical (unpaired) electrons. The predicted octanol–water partition coefficient (Wildman–Crippen LogP) is 5.07. The highest BCUT2D eigenvalue weighted by Crippen LogP contribution is 2.66. The third-order valence-electron chi connectivity index (χ3n) is 7.92. The van der Waals surface area contributed by atoms with Crippen LogP contribution >= 0.6 is 0 Å². The number of carbonyl (C=O) groups is 1. The van der Waals surface area contributed by atoms with Gasteiger partial charge in [0.15, 0.2) is 5.78 Å². The number of fused-ring (bicyclic) bond motifs is 5. The van der Waals surface area contributed by atoms with Crippen molar-refractivity contribution in [1.29, 1.82) is 0 Å². The lowest BCUT2D eigenvalue weighted by atomic mass is 9.47. The Morgan fingerprint density at radius 2 is 1.76 bits per heavy atom. The molecule has 3 saturated carbocycles. The first-order chi connectivity index (χ1) is 9.95. The summed E-state index contributed by atoms with van der Waals surface area (Å²) in [6.45, 7) is 9.35. The maximum absolute atomic E-state index is 11.8. The normalized spacial score (nSPS) is 49.2. The van der Waals surface area contributed by atoms with Crippen molar-refractivity contribution in [2.24, 2.45) is 28.6 Å². The summed E-state index contributed by atoms with van der Waals surface area (Å²) in [5, 5.41) is 0. The molecular weight excluding hydrogens is 256 g/mol. The standard InChI is InChI=1S/C20H28O/c1-13-4-7-17-16-6-5-14-12-15(21)8-10-20(14,3)18(16)9-11-19(13,17)2/h12,16-18H,1,4-11H2,2-3H3/t16-,17-,18+,19+,20-/m0/s1. The van der Waals surface area contributed by atoms with E-state index < -0.39 is 0 Å². The molecule has 0 aromatic heterocycles. The summed E-state index contributed by atoms with van der Waals surface area (Å²) in [5.74, 6) is 2.92. The highest BCUT2D eigenvalue weighted by Gasteiger charge is 2.57. The minimum absolute atomic E-state index is 0.322.